The Morgan fingerprint density at radius 2 is 1.48 bits per heavy atom. The van der Waals surface area contributed by atoms with Gasteiger partial charge in [-0.05, 0) is 67.4 Å². The average molecular weight is 633 g/mol. The maximum Gasteiger partial charge on any atom is 0.246 e. The van der Waals surface area contributed by atoms with Crippen LogP contribution < -0.4 is 10.6 Å². The number of nitrogens with zero attached hydrogens (tertiary/aromatic N) is 2. The topological polar surface area (TPSA) is 102 Å². The van der Waals surface area contributed by atoms with Crippen molar-refractivity contribution in [3.8, 4) is 0 Å². The number of halogens is 1. The molecule has 0 bridgehead atoms. The summed E-state index contributed by atoms with van der Waals surface area (Å²) in [5.74, 6) is -1.55. The molecule has 8 nitrogen and oxygen atoms in total. The van der Waals surface area contributed by atoms with Gasteiger partial charge < -0.3 is 25.5 Å². The number of aliphatic hydroxyl groups is 1. The van der Waals surface area contributed by atoms with Crippen molar-refractivity contribution in [1.29, 1.82) is 0 Å². The number of amides is 3. The van der Waals surface area contributed by atoms with Crippen molar-refractivity contribution in [2.45, 2.75) is 64.6 Å². The van der Waals surface area contributed by atoms with E-state index in [4.69, 9.17) is 0 Å². The summed E-state index contributed by atoms with van der Waals surface area (Å²) in [6.45, 7) is 7.76. The Bertz CT molecular complexity index is 1520. The zero-order valence-corrected chi connectivity index (χ0v) is 28.1. The predicted molar refractivity (Wildman–Crippen MR) is 182 cm³/mol. The Morgan fingerprint density at radius 3 is 2.11 bits per heavy atom. The minimum Gasteiger partial charge on any atom is -0.396 e. The number of benzene rings is 3. The number of carbonyl (C=O) groups excluding carboxylic acids is 3. The molecule has 46 heavy (non-hydrogen) atoms. The van der Waals surface area contributed by atoms with E-state index in [9.17, 15) is 23.9 Å². The highest BCUT2D eigenvalue weighted by Gasteiger charge is 2.35. The molecule has 3 aromatic rings. The fourth-order valence-electron chi connectivity index (χ4n) is 4.94. The molecule has 0 saturated carbocycles. The van der Waals surface area contributed by atoms with E-state index in [-0.39, 0.29) is 37.4 Å². The summed E-state index contributed by atoms with van der Waals surface area (Å²) in [6.07, 6.45) is 4.25. The largest absolute Gasteiger partial charge is 0.396 e. The zero-order chi connectivity index (χ0) is 34.1. The quantitative estimate of drug-likeness (QED) is 0.214. The van der Waals surface area contributed by atoms with Gasteiger partial charge in [-0.2, -0.15) is 0 Å². The molecule has 9 heteroatoms. The van der Waals surface area contributed by atoms with Crippen LogP contribution in [0.2, 0.25) is 0 Å². The standard InChI is InChI=1S/C37H49FN4O4/c1-36(2,25-43)24-40-34(45)31(22-26-15-18-30(38)19-16-26)42(7)35(46)32(41(6)33(44)13-10-20-37(3,4)39-5)23-27-14-17-28-11-8-9-12-29(28)21-27/h8-19,21,31-32,39,43H,20,22-25H2,1-7H3,(H,40,45)/b13-10+. The Labute approximate surface area is 272 Å². The summed E-state index contributed by atoms with van der Waals surface area (Å²) >= 11 is 0. The number of hydrogen-bond acceptors (Lipinski definition) is 5. The number of hydrogen-bond donors (Lipinski definition) is 3. The number of likely N-dealkylation sites (N-methyl/N-ethyl adjacent to an activating group) is 2. The molecule has 0 aromatic heterocycles. The van der Waals surface area contributed by atoms with E-state index in [1.165, 1.54) is 28.0 Å². The van der Waals surface area contributed by atoms with Gasteiger partial charge in [-0.25, -0.2) is 4.39 Å². The first-order valence-corrected chi connectivity index (χ1v) is 15.7. The van der Waals surface area contributed by atoms with Crippen molar-refractivity contribution in [2.24, 2.45) is 5.41 Å². The van der Waals surface area contributed by atoms with Gasteiger partial charge in [-0.1, -0.05) is 74.5 Å². The first kappa shape index (κ1) is 36.4. The summed E-state index contributed by atoms with van der Waals surface area (Å²) in [5, 5.41) is 17.9. The fourth-order valence-corrected chi connectivity index (χ4v) is 4.94. The van der Waals surface area contributed by atoms with Crippen LogP contribution in [0.3, 0.4) is 0 Å². The summed E-state index contributed by atoms with van der Waals surface area (Å²) in [5.41, 5.74) is 0.766. The van der Waals surface area contributed by atoms with E-state index in [2.05, 4.69) is 10.6 Å². The van der Waals surface area contributed by atoms with Crippen LogP contribution in [0.5, 0.6) is 0 Å². The summed E-state index contributed by atoms with van der Waals surface area (Å²) < 4.78 is 13.7. The zero-order valence-electron chi connectivity index (χ0n) is 28.1. The third kappa shape index (κ3) is 10.2. The lowest BCUT2D eigenvalue weighted by molar-refractivity contribution is -0.146. The van der Waals surface area contributed by atoms with Gasteiger partial charge in [0.1, 0.15) is 17.9 Å². The van der Waals surface area contributed by atoms with Gasteiger partial charge in [0, 0.05) is 51.0 Å². The molecule has 3 N–H and O–H groups in total. The molecule has 0 aliphatic carbocycles. The molecule has 3 aromatic carbocycles. The molecule has 0 saturated heterocycles. The highest BCUT2D eigenvalue weighted by Crippen LogP contribution is 2.21. The molecule has 2 unspecified atom stereocenters. The van der Waals surface area contributed by atoms with Gasteiger partial charge in [0.15, 0.2) is 0 Å². The molecular formula is C37H49FN4O4. The van der Waals surface area contributed by atoms with E-state index in [1.807, 2.05) is 77.2 Å². The predicted octanol–water partition coefficient (Wildman–Crippen LogP) is 4.50. The van der Waals surface area contributed by atoms with Crippen molar-refractivity contribution in [1.82, 2.24) is 20.4 Å². The number of nitrogens with one attached hydrogen (secondary N) is 2. The molecule has 0 fully saturated rings. The molecule has 248 valence electrons. The highest BCUT2D eigenvalue weighted by molar-refractivity contribution is 5.95. The Kier molecular flexibility index (Phi) is 12.6. The minimum atomic E-state index is -0.956. The fraction of sp³-hybridized carbons (Fsp3) is 0.432. The molecule has 0 aliphatic heterocycles. The Hall–Kier alpha value is -4.08. The average Bonchev–Trinajstić information content (AvgIpc) is 3.04. The van der Waals surface area contributed by atoms with Crippen molar-refractivity contribution >= 4 is 28.5 Å². The monoisotopic (exact) mass is 632 g/mol. The summed E-state index contributed by atoms with van der Waals surface area (Å²) in [6, 6.07) is 17.8. The maximum atomic E-state index is 14.4. The van der Waals surface area contributed by atoms with E-state index in [1.54, 1.807) is 32.3 Å². The van der Waals surface area contributed by atoms with Crippen molar-refractivity contribution in [2.75, 3.05) is 34.3 Å². The van der Waals surface area contributed by atoms with E-state index in [0.717, 1.165) is 16.3 Å². The van der Waals surface area contributed by atoms with E-state index < -0.39 is 35.1 Å². The molecule has 0 spiro atoms. The van der Waals surface area contributed by atoms with Crippen LogP contribution in [0, 0.1) is 11.2 Å². The first-order valence-electron chi connectivity index (χ1n) is 15.7. The van der Waals surface area contributed by atoms with Gasteiger partial charge in [0.25, 0.3) is 0 Å². The third-order valence-electron chi connectivity index (χ3n) is 8.54. The number of fused-ring (bicyclic) bond motifs is 1. The first-order chi connectivity index (χ1) is 21.7. The van der Waals surface area contributed by atoms with Crippen LogP contribution in [0.4, 0.5) is 4.39 Å². The normalized spacial score (nSPS) is 13.4. The Balaban J connectivity index is 1.97. The number of rotatable bonds is 15. The SMILES string of the molecule is CNC(C)(C)C/C=C/C(=O)N(C)C(Cc1ccc2ccccc2c1)C(=O)N(C)C(Cc1ccc(F)cc1)C(=O)NCC(C)(C)CO. The molecule has 0 heterocycles. The van der Waals surface area contributed by atoms with Gasteiger partial charge in [0.05, 0.1) is 0 Å². The van der Waals surface area contributed by atoms with Gasteiger partial charge >= 0.3 is 0 Å². The van der Waals surface area contributed by atoms with E-state index >= 15 is 0 Å². The van der Waals surface area contributed by atoms with Crippen LogP contribution in [-0.4, -0.2) is 84.5 Å². The van der Waals surface area contributed by atoms with Crippen molar-refractivity contribution in [3.05, 3.63) is 95.8 Å². The second-order valence-electron chi connectivity index (χ2n) is 13.4. The van der Waals surface area contributed by atoms with Gasteiger partial charge in [0.2, 0.25) is 17.7 Å². The third-order valence-corrected chi connectivity index (χ3v) is 8.54. The lowest BCUT2D eigenvalue weighted by Gasteiger charge is -2.35. The molecule has 3 rings (SSSR count). The molecule has 0 aliphatic rings. The minimum absolute atomic E-state index is 0.132. The molecular weight excluding hydrogens is 583 g/mol. The Morgan fingerprint density at radius 1 is 0.870 bits per heavy atom. The van der Waals surface area contributed by atoms with Crippen LogP contribution >= 0.6 is 0 Å². The van der Waals surface area contributed by atoms with Gasteiger partial charge in [-0.15, -0.1) is 0 Å². The lowest BCUT2D eigenvalue weighted by atomic mass is 9.94. The van der Waals surface area contributed by atoms with Crippen LogP contribution in [0.1, 0.15) is 45.2 Å². The second kappa shape index (κ2) is 16.0. The smallest absolute Gasteiger partial charge is 0.246 e. The van der Waals surface area contributed by atoms with Gasteiger partial charge in [-0.3, -0.25) is 14.4 Å². The second-order valence-corrected chi connectivity index (χ2v) is 13.4. The summed E-state index contributed by atoms with van der Waals surface area (Å²) in [4.78, 5) is 44.3. The molecule has 2 atom stereocenters. The van der Waals surface area contributed by atoms with Crippen LogP contribution in [0.25, 0.3) is 10.8 Å². The van der Waals surface area contributed by atoms with Crippen molar-refractivity contribution in [3.63, 3.8) is 0 Å². The van der Waals surface area contributed by atoms with Crippen LogP contribution in [-0.2, 0) is 27.2 Å². The number of aliphatic hydroxyl groups excluding tert-OH is 1. The molecule has 0 radical (unpaired) electrons. The number of carbonyl (C=O) groups is 3. The van der Waals surface area contributed by atoms with Crippen molar-refractivity contribution < 1.29 is 23.9 Å². The maximum absolute atomic E-state index is 14.4. The molecule has 3 amide bonds. The highest BCUT2D eigenvalue weighted by atomic mass is 19.1. The lowest BCUT2D eigenvalue weighted by Crippen LogP contribution is -2.56. The van der Waals surface area contributed by atoms with E-state index in [0.29, 0.717) is 12.0 Å². The van der Waals surface area contributed by atoms with Crippen LogP contribution in [0.15, 0.2) is 78.9 Å². The summed E-state index contributed by atoms with van der Waals surface area (Å²) in [7, 11) is 5.02.